The molecule has 1 saturated heterocycles. The molecule has 11 nitrogen and oxygen atoms in total. The number of aryl methyl sites for hydroxylation is 2. The number of nitrogens with one attached hydrogen (secondary N) is 2. The molecule has 1 aliphatic rings. The number of nitrogens with two attached hydrogens (primary N) is 1. The molecule has 1 amide bonds. The van der Waals surface area contributed by atoms with E-state index in [1.165, 1.54) is 24.2 Å². The van der Waals surface area contributed by atoms with Crippen molar-refractivity contribution in [3.63, 3.8) is 0 Å². The number of anilines is 3. The van der Waals surface area contributed by atoms with Crippen molar-refractivity contribution in [1.29, 1.82) is 5.41 Å². The number of aromatic nitrogens is 4. The lowest BCUT2D eigenvalue weighted by Gasteiger charge is -2.35. The number of hydrazine groups is 1. The number of alkyl halides is 3. The van der Waals surface area contributed by atoms with Crippen LogP contribution in [0.15, 0.2) is 43.0 Å². The van der Waals surface area contributed by atoms with Crippen LogP contribution < -0.4 is 21.1 Å². The molecule has 0 spiro atoms. The second-order valence-electron chi connectivity index (χ2n) is 10.7. The third-order valence-corrected chi connectivity index (χ3v) is 7.58. The van der Waals surface area contributed by atoms with E-state index in [0.29, 0.717) is 54.6 Å². The van der Waals surface area contributed by atoms with Gasteiger partial charge in [-0.1, -0.05) is 0 Å². The molecule has 3 aromatic heterocycles. The minimum absolute atomic E-state index is 0.00360. The summed E-state index contributed by atoms with van der Waals surface area (Å²) in [7, 11) is 1.96. The highest BCUT2D eigenvalue weighted by molar-refractivity contribution is 6.05. The normalized spacial score (nSPS) is 14.3. The van der Waals surface area contributed by atoms with Gasteiger partial charge in [-0.05, 0) is 51.6 Å². The predicted octanol–water partition coefficient (Wildman–Crippen LogP) is 3.82. The number of hydrogen-bond acceptors (Lipinski definition) is 9. The minimum atomic E-state index is -4.62. The van der Waals surface area contributed by atoms with E-state index in [-0.39, 0.29) is 29.1 Å². The van der Waals surface area contributed by atoms with Crippen molar-refractivity contribution in [3.8, 4) is 0 Å². The molecule has 1 fully saturated rings. The predicted molar refractivity (Wildman–Crippen MR) is 159 cm³/mol. The van der Waals surface area contributed by atoms with Crippen molar-refractivity contribution in [2.45, 2.75) is 26.9 Å². The van der Waals surface area contributed by atoms with Crippen LogP contribution in [0.25, 0.3) is 5.65 Å². The van der Waals surface area contributed by atoms with E-state index in [1.54, 1.807) is 36.0 Å². The number of rotatable bonds is 7. The molecule has 226 valence electrons. The molecule has 0 saturated carbocycles. The minimum Gasteiger partial charge on any atom is -0.369 e. The summed E-state index contributed by atoms with van der Waals surface area (Å²) in [6, 6.07) is 3.98. The summed E-state index contributed by atoms with van der Waals surface area (Å²) >= 11 is 0. The summed E-state index contributed by atoms with van der Waals surface area (Å²) in [5, 5.41) is 12.6. The summed E-state index contributed by atoms with van der Waals surface area (Å²) in [5.74, 6) is 5.64. The van der Waals surface area contributed by atoms with E-state index in [0.717, 1.165) is 11.8 Å². The van der Waals surface area contributed by atoms with Gasteiger partial charge in [0.15, 0.2) is 5.65 Å². The van der Waals surface area contributed by atoms with Crippen LogP contribution in [0.3, 0.4) is 0 Å². The summed E-state index contributed by atoms with van der Waals surface area (Å²) in [5.41, 5.74) is 2.83. The Morgan fingerprint density at radius 1 is 1.05 bits per heavy atom. The Hall–Kier alpha value is -4.56. The van der Waals surface area contributed by atoms with Gasteiger partial charge in [0.05, 0.1) is 64.9 Å². The van der Waals surface area contributed by atoms with Crippen molar-refractivity contribution in [1.82, 2.24) is 24.3 Å². The Kier molecular flexibility index (Phi) is 8.08. The maximum absolute atomic E-state index is 14.0. The summed E-state index contributed by atoms with van der Waals surface area (Å²) in [4.78, 5) is 30.1. The summed E-state index contributed by atoms with van der Waals surface area (Å²) in [6.07, 6.45) is 1.76. The number of nitrogens with zero attached hydrogens (tertiary/aromatic N) is 7. The first-order chi connectivity index (χ1) is 20.3. The standard InChI is InChI=1S/C29H33F3N10O/c1-17-15-41-26(13-37-27(41)14-35-17)23(33)16-42(34)25-11-21(12-36-19(25)3)38-28(43)20-9-22(29(30,31)32)18(2)24(10-20)40-7-5-39(4)6-8-40/h9-15,33H,5-8,16,34H2,1-4H3,(H,38,43). The smallest absolute Gasteiger partial charge is 0.369 e. The van der Waals surface area contributed by atoms with Gasteiger partial charge < -0.3 is 25.5 Å². The zero-order valence-electron chi connectivity index (χ0n) is 24.3. The number of piperazine rings is 1. The van der Waals surface area contributed by atoms with Crippen molar-refractivity contribution >= 4 is 34.3 Å². The van der Waals surface area contributed by atoms with Crippen LogP contribution in [0.5, 0.6) is 0 Å². The number of carbonyl (C=O) groups excluding carboxylic acids is 1. The Balaban J connectivity index is 1.38. The van der Waals surface area contributed by atoms with Crippen molar-refractivity contribution in [2.75, 3.05) is 55.0 Å². The summed E-state index contributed by atoms with van der Waals surface area (Å²) in [6.45, 7) is 7.52. The topological polar surface area (TPSA) is 132 Å². The molecule has 1 aliphatic heterocycles. The van der Waals surface area contributed by atoms with Gasteiger partial charge in [0, 0.05) is 43.6 Å². The van der Waals surface area contributed by atoms with Crippen molar-refractivity contribution < 1.29 is 18.0 Å². The molecule has 14 heteroatoms. The second-order valence-corrected chi connectivity index (χ2v) is 10.7. The fraction of sp³-hybridized carbons (Fsp3) is 0.345. The lowest BCUT2D eigenvalue weighted by Crippen LogP contribution is -2.45. The van der Waals surface area contributed by atoms with Gasteiger partial charge in [0.25, 0.3) is 5.91 Å². The third-order valence-electron chi connectivity index (χ3n) is 7.58. The lowest BCUT2D eigenvalue weighted by atomic mass is 10.00. The van der Waals surface area contributed by atoms with Gasteiger partial charge in [-0.25, -0.2) is 10.8 Å². The van der Waals surface area contributed by atoms with Crippen LogP contribution in [-0.4, -0.2) is 75.6 Å². The largest absolute Gasteiger partial charge is 0.416 e. The summed E-state index contributed by atoms with van der Waals surface area (Å²) < 4.78 is 43.8. The molecule has 1 aromatic carbocycles. The quantitative estimate of drug-likeness (QED) is 0.167. The second kappa shape index (κ2) is 11.6. The van der Waals surface area contributed by atoms with Crippen LogP contribution in [0.1, 0.15) is 38.6 Å². The number of imidazole rings is 1. The Labute approximate surface area is 246 Å². The van der Waals surface area contributed by atoms with Gasteiger partial charge in [0.1, 0.15) is 0 Å². The fourth-order valence-electron chi connectivity index (χ4n) is 5.13. The number of halogens is 3. The zero-order valence-corrected chi connectivity index (χ0v) is 24.3. The van der Waals surface area contributed by atoms with Gasteiger partial charge in [0.2, 0.25) is 0 Å². The average Bonchev–Trinajstić information content (AvgIpc) is 3.37. The molecule has 0 radical (unpaired) electrons. The fourth-order valence-corrected chi connectivity index (χ4v) is 5.13. The highest BCUT2D eigenvalue weighted by atomic mass is 19.4. The molecule has 0 unspecified atom stereocenters. The lowest BCUT2D eigenvalue weighted by molar-refractivity contribution is -0.138. The first-order valence-electron chi connectivity index (χ1n) is 13.6. The number of pyridine rings is 1. The van der Waals surface area contributed by atoms with Gasteiger partial charge >= 0.3 is 6.18 Å². The number of likely N-dealkylation sites (N-methyl/N-ethyl adjacent to an activating group) is 1. The molecule has 5 rings (SSSR count). The van der Waals surface area contributed by atoms with Gasteiger partial charge in [-0.3, -0.25) is 19.2 Å². The molecular formula is C29H33F3N10O. The number of amides is 1. The molecule has 43 heavy (non-hydrogen) atoms. The maximum atomic E-state index is 14.0. The van der Waals surface area contributed by atoms with E-state index in [1.807, 2.05) is 18.9 Å². The monoisotopic (exact) mass is 594 g/mol. The van der Waals surface area contributed by atoms with Crippen molar-refractivity contribution in [2.24, 2.45) is 5.84 Å². The van der Waals surface area contributed by atoms with E-state index >= 15 is 0 Å². The van der Waals surface area contributed by atoms with Crippen LogP contribution in [0, 0.1) is 26.2 Å². The van der Waals surface area contributed by atoms with Crippen molar-refractivity contribution in [3.05, 3.63) is 76.8 Å². The first-order valence-corrected chi connectivity index (χ1v) is 13.6. The van der Waals surface area contributed by atoms with Gasteiger partial charge in [-0.15, -0.1) is 0 Å². The van der Waals surface area contributed by atoms with E-state index in [4.69, 9.17) is 11.3 Å². The van der Waals surface area contributed by atoms with E-state index in [9.17, 15) is 18.0 Å². The molecule has 4 N–H and O–H groups in total. The van der Waals surface area contributed by atoms with Gasteiger partial charge in [-0.2, -0.15) is 13.2 Å². The highest BCUT2D eigenvalue weighted by Crippen LogP contribution is 2.37. The van der Waals surface area contributed by atoms with E-state index < -0.39 is 17.6 Å². The highest BCUT2D eigenvalue weighted by Gasteiger charge is 2.35. The average molecular weight is 595 g/mol. The number of fused-ring (bicyclic) bond motifs is 1. The SMILES string of the molecule is Cc1cn2c(C(=N)CN(N)c3cc(NC(=O)c4cc(N5CCN(C)CC5)c(C)c(C(F)(F)F)c4)cnc3C)cnc2cn1. The third kappa shape index (κ3) is 6.29. The number of hydrogen-bond donors (Lipinski definition) is 3. The first kappa shape index (κ1) is 29.9. The Bertz CT molecular complexity index is 1690. The molecule has 0 aliphatic carbocycles. The molecular weight excluding hydrogens is 561 g/mol. The van der Waals surface area contributed by atoms with E-state index in [2.05, 4.69) is 25.2 Å². The molecule has 0 bridgehead atoms. The molecule has 4 heterocycles. The Morgan fingerprint density at radius 2 is 1.77 bits per heavy atom. The Morgan fingerprint density at radius 3 is 2.47 bits per heavy atom. The maximum Gasteiger partial charge on any atom is 0.416 e. The van der Waals surface area contributed by atoms with Crippen LogP contribution >= 0.6 is 0 Å². The zero-order chi connectivity index (χ0) is 31.1. The van der Waals surface area contributed by atoms with Crippen LogP contribution in [0.2, 0.25) is 0 Å². The molecule has 0 atom stereocenters. The number of carbonyl (C=O) groups is 1. The number of benzene rings is 1. The van der Waals surface area contributed by atoms with Crippen LogP contribution in [-0.2, 0) is 6.18 Å². The molecule has 4 aromatic rings. The van der Waals surface area contributed by atoms with Crippen LogP contribution in [0.4, 0.5) is 30.2 Å².